The number of carbonyl (C=O) groups excluding carboxylic acids is 1. The van der Waals surface area contributed by atoms with E-state index in [1.807, 2.05) is 38.2 Å². The minimum absolute atomic E-state index is 0.136. The lowest BCUT2D eigenvalue weighted by atomic mass is 9.97. The average molecular weight is 310 g/mol. The van der Waals surface area contributed by atoms with Crippen molar-refractivity contribution in [3.63, 3.8) is 0 Å². The van der Waals surface area contributed by atoms with Crippen LogP contribution < -0.4 is 0 Å². The molecule has 1 unspecified atom stereocenters. The van der Waals surface area contributed by atoms with Gasteiger partial charge in [0.25, 0.3) is 0 Å². The van der Waals surface area contributed by atoms with Crippen molar-refractivity contribution in [2.24, 2.45) is 0 Å². The highest BCUT2D eigenvalue weighted by Crippen LogP contribution is 2.32. The van der Waals surface area contributed by atoms with Gasteiger partial charge in [-0.3, -0.25) is 4.79 Å². The molecule has 2 aromatic rings. The molecular weight excluding hydrogens is 294 g/mol. The lowest BCUT2D eigenvalue weighted by Gasteiger charge is -2.10. The normalized spacial score (nSPS) is 12.6. The molecule has 0 saturated carbocycles. The number of esters is 1. The first-order valence-corrected chi connectivity index (χ1v) is 6.84. The Morgan fingerprint density at radius 2 is 2.28 bits per heavy atom. The maximum Gasteiger partial charge on any atom is 0.306 e. The fraction of sp³-hybridized carbons (Fsp3) is 0.357. The van der Waals surface area contributed by atoms with Gasteiger partial charge in [0.15, 0.2) is 0 Å². The zero-order valence-corrected chi connectivity index (χ0v) is 12.1. The molecule has 0 bridgehead atoms. The molecule has 1 atom stereocenters. The molecule has 1 N–H and O–H groups in total. The van der Waals surface area contributed by atoms with Crippen LogP contribution in [-0.4, -0.2) is 17.6 Å². The van der Waals surface area contributed by atoms with Crippen molar-refractivity contribution in [3.8, 4) is 0 Å². The van der Waals surface area contributed by atoms with Crippen molar-refractivity contribution in [3.05, 3.63) is 34.4 Å². The summed E-state index contributed by atoms with van der Waals surface area (Å²) in [6.45, 7) is 4.30. The van der Waals surface area contributed by atoms with E-state index in [4.69, 9.17) is 4.74 Å². The molecule has 0 aliphatic carbocycles. The third-order valence-corrected chi connectivity index (χ3v) is 3.66. The summed E-state index contributed by atoms with van der Waals surface area (Å²) < 4.78 is 6.04. The van der Waals surface area contributed by atoms with E-state index in [2.05, 4.69) is 20.9 Å². The number of hydrogen-bond acceptors (Lipinski definition) is 2. The van der Waals surface area contributed by atoms with Crippen LogP contribution >= 0.6 is 15.9 Å². The number of nitrogens with one attached hydrogen (secondary N) is 1. The second-order valence-corrected chi connectivity index (χ2v) is 5.17. The van der Waals surface area contributed by atoms with Crippen LogP contribution in [0.3, 0.4) is 0 Å². The topological polar surface area (TPSA) is 42.1 Å². The van der Waals surface area contributed by atoms with Crippen molar-refractivity contribution in [1.82, 2.24) is 4.98 Å². The summed E-state index contributed by atoms with van der Waals surface area (Å²) >= 11 is 3.56. The molecule has 0 amide bonds. The predicted octanol–water partition coefficient (Wildman–Crippen LogP) is 3.99. The van der Waals surface area contributed by atoms with E-state index in [1.54, 1.807) is 0 Å². The number of benzene rings is 1. The van der Waals surface area contributed by atoms with Crippen LogP contribution in [0, 0.1) is 0 Å². The third kappa shape index (κ3) is 2.58. The SMILES string of the molecule is CCOC(=O)CC(C)c1c[nH]c2cccc(Br)c12. The Labute approximate surface area is 115 Å². The predicted molar refractivity (Wildman–Crippen MR) is 75.7 cm³/mol. The van der Waals surface area contributed by atoms with Crippen LogP contribution in [-0.2, 0) is 9.53 Å². The van der Waals surface area contributed by atoms with Crippen LogP contribution in [0.1, 0.15) is 31.7 Å². The molecule has 0 aliphatic rings. The summed E-state index contributed by atoms with van der Waals surface area (Å²) in [4.78, 5) is 14.8. The Morgan fingerprint density at radius 3 is 3.00 bits per heavy atom. The Morgan fingerprint density at radius 1 is 1.50 bits per heavy atom. The highest BCUT2D eigenvalue weighted by molar-refractivity contribution is 9.10. The minimum atomic E-state index is -0.147. The summed E-state index contributed by atoms with van der Waals surface area (Å²) in [5, 5.41) is 1.15. The third-order valence-electron chi connectivity index (χ3n) is 2.99. The van der Waals surface area contributed by atoms with Gasteiger partial charge in [-0.2, -0.15) is 0 Å². The molecule has 96 valence electrons. The molecule has 18 heavy (non-hydrogen) atoms. The number of aromatic amines is 1. The zero-order chi connectivity index (χ0) is 13.1. The molecule has 0 spiro atoms. The lowest BCUT2D eigenvalue weighted by molar-refractivity contribution is -0.143. The highest BCUT2D eigenvalue weighted by Gasteiger charge is 2.17. The number of carbonyl (C=O) groups is 1. The number of hydrogen-bond donors (Lipinski definition) is 1. The molecule has 3 nitrogen and oxygen atoms in total. The molecule has 1 aromatic heterocycles. The van der Waals surface area contributed by atoms with E-state index in [9.17, 15) is 4.79 Å². The molecule has 4 heteroatoms. The van der Waals surface area contributed by atoms with E-state index in [0.717, 1.165) is 20.9 Å². The standard InChI is InChI=1S/C14H16BrNO2/c1-3-18-13(17)7-9(2)10-8-16-12-6-4-5-11(15)14(10)12/h4-6,8-9,16H,3,7H2,1-2H3. The molecule has 1 heterocycles. The Hall–Kier alpha value is -1.29. The van der Waals surface area contributed by atoms with Gasteiger partial charge in [0.05, 0.1) is 13.0 Å². The highest BCUT2D eigenvalue weighted by atomic mass is 79.9. The van der Waals surface area contributed by atoms with Crippen LogP contribution in [0.4, 0.5) is 0 Å². The largest absolute Gasteiger partial charge is 0.466 e. The zero-order valence-electron chi connectivity index (χ0n) is 10.5. The first-order chi connectivity index (χ1) is 8.63. The van der Waals surface area contributed by atoms with Gasteiger partial charge < -0.3 is 9.72 Å². The second-order valence-electron chi connectivity index (χ2n) is 4.32. The monoisotopic (exact) mass is 309 g/mol. The minimum Gasteiger partial charge on any atom is -0.466 e. The van der Waals surface area contributed by atoms with Crippen molar-refractivity contribution < 1.29 is 9.53 Å². The van der Waals surface area contributed by atoms with E-state index in [0.29, 0.717) is 13.0 Å². The molecule has 2 rings (SSSR count). The summed E-state index contributed by atoms with van der Waals surface area (Å²) in [6, 6.07) is 6.03. The van der Waals surface area contributed by atoms with Gasteiger partial charge in [0, 0.05) is 21.6 Å². The second kappa shape index (κ2) is 5.57. The fourth-order valence-corrected chi connectivity index (χ4v) is 2.73. The lowest BCUT2D eigenvalue weighted by Crippen LogP contribution is -2.08. The first kappa shape index (κ1) is 13.1. The summed E-state index contributed by atoms with van der Waals surface area (Å²) in [5.74, 6) is -0.0112. The molecule has 0 radical (unpaired) electrons. The van der Waals surface area contributed by atoms with Crippen molar-refractivity contribution >= 4 is 32.8 Å². The molecule has 0 saturated heterocycles. The molecular formula is C14H16BrNO2. The Kier molecular flexibility index (Phi) is 4.07. The van der Waals surface area contributed by atoms with Gasteiger partial charge >= 0.3 is 5.97 Å². The summed E-state index contributed by atoms with van der Waals surface area (Å²) in [5.41, 5.74) is 2.22. The smallest absolute Gasteiger partial charge is 0.306 e. The van der Waals surface area contributed by atoms with E-state index in [1.165, 1.54) is 0 Å². The fourth-order valence-electron chi connectivity index (χ4n) is 2.13. The number of H-pyrrole nitrogens is 1. The average Bonchev–Trinajstić information content (AvgIpc) is 2.74. The van der Waals surface area contributed by atoms with Crippen LogP contribution in [0.2, 0.25) is 0 Å². The molecule has 1 aromatic carbocycles. The van der Waals surface area contributed by atoms with Crippen molar-refractivity contribution in [2.75, 3.05) is 6.61 Å². The summed E-state index contributed by atoms with van der Waals surface area (Å²) in [6.07, 6.45) is 2.38. The maximum absolute atomic E-state index is 11.5. The van der Waals surface area contributed by atoms with Gasteiger partial charge in [0.2, 0.25) is 0 Å². The van der Waals surface area contributed by atoms with Crippen molar-refractivity contribution in [1.29, 1.82) is 0 Å². The number of halogens is 1. The maximum atomic E-state index is 11.5. The van der Waals surface area contributed by atoms with E-state index >= 15 is 0 Å². The van der Waals surface area contributed by atoms with Gasteiger partial charge in [-0.1, -0.05) is 28.9 Å². The van der Waals surface area contributed by atoms with Gasteiger partial charge in [-0.15, -0.1) is 0 Å². The van der Waals surface area contributed by atoms with E-state index in [-0.39, 0.29) is 11.9 Å². The number of aromatic nitrogens is 1. The molecule has 0 aliphatic heterocycles. The van der Waals surface area contributed by atoms with Crippen LogP contribution in [0.25, 0.3) is 10.9 Å². The quantitative estimate of drug-likeness (QED) is 0.868. The Bertz CT molecular complexity index is 562. The first-order valence-electron chi connectivity index (χ1n) is 6.04. The van der Waals surface area contributed by atoms with Crippen LogP contribution in [0.15, 0.2) is 28.9 Å². The summed E-state index contributed by atoms with van der Waals surface area (Å²) in [7, 11) is 0. The van der Waals surface area contributed by atoms with Gasteiger partial charge in [-0.05, 0) is 30.5 Å². The Balaban J connectivity index is 2.28. The number of fused-ring (bicyclic) bond motifs is 1. The van der Waals surface area contributed by atoms with Gasteiger partial charge in [0.1, 0.15) is 0 Å². The van der Waals surface area contributed by atoms with Crippen molar-refractivity contribution in [2.45, 2.75) is 26.2 Å². The molecule has 0 fully saturated rings. The van der Waals surface area contributed by atoms with E-state index < -0.39 is 0 Å². The van der Waals surface area contributed by atoms with Gasteiger partial charge in [-0.25, -0.2) is 0 Å². The number of rotatable bonds is 4. The number of ether oxygens (including phenoxy) is 1. The van der Waals surface area contributed by atoms with Crippen LogP contribution in [0.5, 0.6) is 0 Å².